The molecule has 1 amide bonds. The molecule has 1 rings (SSSR count). The number of rotatable bonds is 4. The summed E-state index contributed by atoms with van der Waals surface area (Å²) in [7, 11) is 1.95. The Morgan fingerprint density at radius 3 is 2.79 bits per heavy atom. The first-order valence-electron chi connectivity index (χ1n) is 5.57. The second-order valence-corrected chi connectivity index (χ2v) is 4.32. The van der Waals surface area contributed by atoms with Gasteiger partial charge >= 0.3 is 0 Å². The minimum atomic E-state index is 0.326. The van der Waals surface area contributed by atoms with E-state index in [0.29, 0.717) is 30.3 Å². The van der Waals surface area contributed by atoms with Crippen LogP contribution in [0, 0.1) is 5.92 Å². The Balaban J connectivity index is 2.64. The minimum Gasteiger partial charge on any atom is -0.337 e. The highest BCUT2D eigenvalue weighted by molar-refractivity contribution is 5.79. The van der Waals surface area contributed by atoms with Gasteiger partial charge in [-0.2, -0.15) is 0 Å². The number of hydrogen-bond acceptors (Lipinski definition) is 2. The fourth-order valence-electron chi connectivity index (χ4n) is 2.30. The average molecular weight is 198 g/mol. The van der Waals surface area contributed by atoms with Crippen molar-refractivity contribution in [1.29, 1.82) is 0 Å². The van der Waals surface area contributed by atoms with E-state index in [1.54, 1.807) is 0 Å². The first-order valence-corrected chi connectivity index (χ1v) is 5.57. The average Bonchev–Trinajstić information content (AvgIpc) is 2.42. The number of carbonyl (C=O) groups excluding carboxylic acids is 1. The maximum Gasteiger partial charge on any atom is 0.223 e. The summed E-state index contributed by atoms with van der Waals surface area (Å²) in [6, 6.07) is 0.782. The van der Waals surface area contributed by atoms with E-state index >= 15 is 0 Å². The Labute approximate surface area is 86.9 Å². The molecular formula is C11H22N2O. The van der Waals surface area contributed by atoms with Crippen molar-refractivity contribution in [2.75, 3.05) is 13.6 Å². The van der Waals surface area contributed by atoms with Crippen LogP contribution in [0.1, 0.15) is 33.6 Å². The van der Waals surface area contributed by atoms with Crippen LogP contribution < -0.4 is 5.32 Å². The molecule has 0 saturated carbocycles. The summed E-state index contributed by atoms with van der Waals surface area (Å²) in [4.78, 5) is 13.8. The van der Waals surface area contributed by atoms with Crippen LogP contribution in [0.25, 0.3) is 0 Å². The van der Waals surface area contributed by atoms with E-state index < -0.39 is 0 Å². The molecule has 1 aliphatic rings. The summed E-state index contributed by atoms with van der Waals surface area (Å²) >= 11 is 0. The third-order valence-corrected chi connectivity index (χ3v) is 3.38. The number of carbonyl (C=O) groups is 1. The van der Waals surface area contributed by atoms with Crippen molar-refractivity contribution in [1.82, 2.24) is 10.2 Å². The lowest BCUT2D eigenvalue weighted by atomic mass is 10.0. The molecule has 0 spiro atoms. The van der Waals surface area contributed by atoms with Gasteiger partial charge in [-0.25, -0.2) is 0 Å². The van der Waals surface area contributed by atoms with Crippen molar-refractivity contribution in [2.24, 2.45) is 5.92 Å². The smallest absolute Gasteiger partial charge is 0.223 e. The second-order valence-electron chi connectivity index (χ2n) is 4.32. The molecule has 0 bridgehead atoms. The maximum absolute atomic E-state index is 11.8. The Hall–Kier alpha value is -0.570. The predicted octanol–water partition coefficient (Wildman–Crippen LogP) is 1.24. The highest BCUT2D eigenvalue weighted by Gasteiger charge is 2.37. The SMILES string of the molecule is CCC(C)N1C(=O)CC(CNC)C1C. The summed E-state index contributed by atoms with van der Waals surface area (Å²) < 4.78 is 0. The lowest BCUT2D eigenvalue weighted by Crippen LogP contribution is -2.41. The van der Waals surface area contributed by atoms with E-state index in [1.807, 2.05) is 7.05 Å². The molecule has 3 nitrogen and oxygen atoms in total. The van der Waals surface area contributed by atoms with Gasteiger partial charge in [0.15, 0.2) is 0 Å². The standard InChI is InChI=1S/C11H22N2O/c1-5-8(2)13-9(3)10(7-12-4)6-11(13)14/h8-10,12H,5-7H2,1-4H3. The van der Waals surface area contributed by atoms with Crippen LogP contribution in [-0.2, 0) is 4.79 Å². The van der Waals surface area contributed by atoms with Crippen molar-refractivity contribution in [3.8, 4) is 0 Å². The van der Waals surface area contributed by atoms with Gasteiger partial charge in [-0.1, -0.05) is 6.92 Å². The van der Waals surface area contributed by atoms with Gasteiger partial charge in [0.1, 0.15) is 0 Å². The van der Waals surface area contributed by atoms with Crippen molar-refractivity contribution in [2.45, 2.75) is 45.7 Å². The predicted molar refractivity (Wildman–Crippen MR) is 58.1 cm³/mol. The van der Waals surface area contributed by atoms with E-state index in [4.69, 9.17) is 0 Å². The molecule has 1 aliphatic heterocycles. The molecule has 1 heterocycles. The first kappa shape index (κ1) is 11.5. The van der Waals surface area contributed by atoms with E-state index in [2.05, 4.69) is 31.0 Å². The Kier molecular flexibility index (Phi) is 3.93. The van der Waals surface area contributed by atoms with Gasteiger partial charge in [-0.3, -0.25) is 4.79 Å². The van der Waals surface area contributed by atoms with Crippen LogP contribution in [0.5, 0.6) is 0 Å². The molecule has 0 aromatic rings. The number of nitrogens with one attached hydrogen (secondary N) is 1. The molecular weight excluding hydrogens is 176 g/mol. The molecule has 1 N–H and O–H groups in total. The summed E-state index contributed by atoms with van der Waals surface area (Å²) in [5.74, 6) is 0.814. The normalized spacial score (nSPS) is 29.7. The van der Waals surface area contributed by atoms with Gasteiger partial charge in [0.2, 0.25) is 5.91 Å². The Morgan fingerprint density at radius 2 is 2.29 bits per heavy atom. The lowest BCUT2D eigenvalue weighted by Gasteiger charge is -2.30. The molecule has 0 aliphatic carbocycles. The molecule has 3 heteroatoms. The topological polar surface area (TPSA) is 32.3 Å². The van der Waals surface area contributed by atoms with Crippen molar-refractivity contribution in [3.05, 3.63) is 0 Å². The van der Waals surface area contributed by atoms with Crippen molar-refractivity contribution >= 4 is 5.91 Å². The van der Waals surface area contributed by atoms with Crippen molar-refractivity contribution < 1.29 is 4.79 Å². The van der Waals surface area contributed by atoms with E-state index in [9.17, 15) is 4.79 Å². The molecule has 1 fully saturated rings. The number of nitrogens with zero attached hydrogens (tertiary/aromatic N) is 1. The summed E-state index contributed by atoms with van der Waals surface area (Å²) in [5, 5.41) is 3.16. The highest BCUT2D eigenvalue weighted by atomic mass is 16.2. The van der Waals surface area contributed by atoms with Crippen LogP contribution >= 0.6 is 0 Å². The van der Waals surface area contributed by atoms with Gasteiger partial charge in [0.05, 0.1) is 0 Å². The Bertz CT molecular complexity index is 205. The maximum atomic E-state index is 11.8. The zero-order valence-electron chi connectivity index (χ0n) is 9.71. The second kappa shape index (κ2) is 4.78. The van der Waals surface area contributed by atoms with Crippen LogP contribution in [0.2, 0.25) is 0 Å². The number of hydrogen-bond donors (Lipinski definition) is 1. The summed E-state index contributed by atoms with van der Waals surface area (Å²) in [6.07, 6.45) is 1.76. The molecule has 1 saturated heterocycles. The minimum absolute atomic E-state index is 0.326. The molecule has 14 heavy (non-hydrogen) atoms. The van der Waals surface area contributed by atoms with Gasteiger partial charge < -0.3 is 10.2 Å². The molecule has 3 atom stereocenters. The van der Waals surface area contributed by atoms with E-state index in [0.717, 1.165) is 13.0 Å². The zero-order chi connectivity index (χ0) is 10.7. The van der Waals surface area contributed by atoms with Gasteiger partial charge in [-0.05, 0) is 27.3 Å². The number of amides is 1. The van der Waals surface area contributed by atoms with E-state index in [-0.39, 0.29) is 0 Å². The molecule has 0 aromatic heterocycles. The first-order chi connectivity index (χ1) is 6.61. The number of likely N-dealkylation sites (tertiary alicyclic amines) is 1. The van der Waals surface area contributed by atoms with Crippen LogP contribution in [0.3, 0.4) is 0 Å². The molecule has 82 valence electrons. The monoisotopic (exact) mass is 198 g/mol. The van der Waals surface area contributed by atoms with Gasteiger partial charge in [-0.15, -0.1) is 0 Å². The zero-order valence-corrected chi connectivity index (χ0v) is 9.71. The third kappa shape index (κ3) is 2.08. The quantitative estimate of drug-likeness (QED) is 0.737. The van der Waals surface area contributed by atoms with Crippen LogP contribution in [0.4, 0.5) is 0 Å². The largest absolute Gasteiger partial charge is 0.337 e. The molecule has 0 aromatic carbocycles. The summed E-state index contributed by atoms with van der Waals surface area (Å²) in [6.45, 7) is 7.38. The highest BCUT2D eigenvalue weighted by Crippen LogP contribution is 2.27. The fourth-order valence-corrected chi connectivity index (χ4v) is 2.30. The summed E-state index contributed by atoms with van der Waals surface area (Å²) in [5.41, 5.74) is 0. The molecule has 0 radical (unpaired) electrons. The Morgan fingerprint density at radius 1 is 1.64 bits per heavy atom. The fraction of sp³-hybridized carbons (Fsp3) is 0.909. The van der Waals surface area contributed by atoms with E-state index in [1.165, 1.54) is 0 Å². The van der Waals surface area contributed by atoms with Gasteiger partial charge in [0.25, 0.3) is 0 Å². The van der Waals surface area contributed by atoms with Gasteiger partial charge in [0, 0.05) is 31.0 Å². The van der Waals surface area contributed by atoms with Crippen molar-refractivity contribution in [3.63, 3.8) is 0 Å². The third-order valence-electron chi connectivity index (χ3n) is 3.38. The van der Waals surface area contributed by atoms with Crippen LogP contribution in [-0.4, -0.2) is 36.5 Å². The lowest BCUT2D eigenvalue weighted by molar-refractivity contribution is -0.130. The molecule has 3 unspecified atom stereocenters. The van der Waals surface area contributed by atoms with Crippen LogP contribution in [0.15, 0.2) is 0 Å².